The number of anilines is 1. The normalized spacial score (nSPS) is 10.6. The van der Waals surface area contributed by atoms with Crippen molar-refractivity contribution >= 4 is 23.6 Å². The third kappa shape index (κ3) is 4.49. The number of nitrogens with two attached hydrogens (primary N) is 1. The van der Waals surface area contributed by atoms with Crippen LogP contribution in [0, 0.1) is 6.92 Å². The van der Waals surface area contributed by atoms with Gasteiger partial charge in [-0.3, -0.25) is 0 Å². The van der Waals surface area contributed by atoms with Crippen LogP contribution in [0.2, 0.25) is 5.02 Å². The van der Waals surface area contributed by atoms with Gasteiger partial charge in [0.1, 0.15) is 12.0 Å². The van der Waals surface area contributed by atoms with Gasteiger partial charge in [-0.05, 0) is 60.7 Å². The number of halogens is 1. The number of benzene rings is 2. The summed E-state index contributed by atoms with van der Waals surface area (Å²) in [6, 6.07) is 9.36. The van der Waals surface area contributed by atoms with Crippen LogP contribution in [-0.4, -0.2) is 6.29 Å². The van der Waals surface area contributed by atoms with Crippen LogP contribution in [0.5, 0.6) is 11.5 Å². The van der Waals surface area contributed by atoms with Gasteiger partial charge in [0.05, 0.1) is 5.69 Å². The van der Waals surface area contributed by atoms with Gasteiger partial charge >= 0.3 is 0 Å². The molecule has 0 radical (unpaired) electrons. The molecule has 0 aromatic heterocycles. The molecule has 0 aliphatic carbocycles. The number of aldehydes is 1. The average molecular weight is 332 g/mol. The van der Waals surface area contributed by atoms with Gasteiger partial charge < -0.3 is 15.3 Å². The molecule has 0 heterocycles. The standard InChI is InChI=1S/C19H22ClNO2/c1-3-4-5-14-10-16(20)12-17(11-14)23-19-13(2)15(8-9-22)6-7-18(19)21/h6-7,9-12H,3-5,8,21H2,1-2H3. The Labute approximate surface area is 142 Å². The Balaban J connectivity index is 2.33. The highest BCUT2D eigenvalue weighted by molar-refractivity contribution is 6.30. The summed E-state index contributed by atoms with van der Waals surface area (Å²) in [5.41, 5.74) is 9.54. The van der Waals surface area contributed by atoms with E-state index in [-0.39, 0.29) is 0 Å². The summed E-state index contributed by atoms with van der Waals surface area (Å²) in [4.78, 5) is 10.8. The number of aryl methyl sites for hydroxylation is 1. The van der Waals surface area contributed by atoms with Gasteiger partial charge in [-0.1, -0.05) is 31.0 Å². The highest BCUT2D eigenvalue weighted by Crippen LogP contribution is 2.34. The number of carbonyl (C=O) groups is 1. The van der Waals surface area contributed by atoms with E-state index in [0.29, 0.717) is 28.6 Å². The third-order valence-electron chi connectivity index (χ3n) is 3.82. The largest absolute Gasteiger partial charge is 0.455 e. The monoisotopic (exact) mass is 331 g/mol. The number of hydrogen-bond acceptors (Lipinski definition) is 3. The molecule has 2 rings (SSSR count). The summed E-state index contributed by atoms with van der Waals surface area (Å²) in [6.45, 7) is 4.07. The third-order valence-corrected chi connectivity index (χ3v) is 4.04. The maximum absolute atomic E-state index is 10.8. The van der Waals surface area contributed by atoms with Crippen molar-refractivity contribution in [3.8, 4) is 11.5 Å². The lowest BCUT2D eigenvalue weighted by atomic mass is 10.0. The molecule has 0 atom stereocenters. The molecule has 0 saturated carbocycles. The molecule has 0 unspecified atom stereocenters. The van der Waals surface area contributed by atoms with Gasteiger partial charge in [0, 0.05) is 11.4 Å². The lowest BCUT2D eigenvalue weighted by Gasteiger charge is -2.15. The SMILES string of the molecule is CCCCc1cc(Cl)cc(Oc2c(N)ccc(CC=O)c2C)c1. The maximum Gasteiger partial charge on any atom is 0.153 e. The molecular weight excluding hydrogens is 310 g/mol. The molecule has 4 heteroatoms. The molecule has 0 aliphatic heterocycles. The fraction of sp³-hybridized carbons (Fsp3) is 0.316. The number of nitrogen functional groups attached to an aromatic ring is 1. The van der Waals surface area contributed by atoms with E-state index in [2.05, 4.69) is 6.92 Å². The minimum Gasteiger partial charge on any atom is -0.455 e. The topological polar surface area (TPSA) is 52.3 Å². The molecule has 2 aromatic carbocycles. The molecule has 3 nitrogen and oxygen atoms in total. The van der Waals surface area contributed by atoms with Crippen molar-refractivity contribution in [2.45, 2.75) is 39.5 Å². The quantitative estimate of drug-likeness (QED) is 0.566. The zero-order valence-corrected chi connectivity index (χ0v) is 14.3. The number of carbonyl (C=O) groups excluding carboxylic acids is 1. The highest BCUT2D eigenvalue weighted by Gasteiger charge is 2.11. The highest BCUT2D eigenvalue weighted by atomic mass is 35.5. The Bertz CT molecular complexity index is 698. The summed E-state index contributed by atoms with van der Waals surface area (Å²) in [5.74, 6) is 1.26. The molecule has 122 valence electrons. The zero-order valence-electron chi connectivity index (χ0n) is 13.6. The minimum atomic E-state index is 0.347. The first-order valence-electron chi connectivity index (χ1n) is 7.84. The smallest absolute Gasteiger partial charge is 0.153 e. The van der Waals surface area contributed by atoms with E-state index in [1.807, 2.05) is 25.1 Å². The van der Waals surface area contributed by atoms with Crippen LogP contribution in [0.25, 0.3) is 0 Å². The van der Waals surface area contributed by atoms with Crippen LogP contribution in [0.4, 0.5) is 5.69 Å². The van der Waals surface area contributed by atoms with Crippen LogP contribution in [-0.2, 0) is 17.6 Å². The van der Waals surface area contributed by atoms with Crippen LogP contribution in [0.1, 0.15) is 36.5 Å². The Morgan fingerprint density at radius 1 is 1.26 bits per heavy atom. The minimum absolute atomic E-state index is 0.347. The molecule has 0 bridgehead atoms. The van der Waals surface area contributed by atoms with Gasteiger partial charge in [-0.25, -0.2) is 0 Å². The fourth-order valence-electron chi connectivity index (χ4n) is 2.52. The summed E-state index contributed by atoms with van der Waals surface area (Å²) < 4.78 is 6.00. The van der Waals surface area contributed by atoms with Crippen molar-refractivity contribution in [1.82, 2.24) is 0 Å². The van der Waals surface area contributed by atoms with Crippen LogP contribution < -0.4 is 10.5 Å². The second kappa shape index (κ2) is 8.02. The maximum atomic E-state index is 10.8. The predicted octanol–water partition coefficient (Wildman–Crippen LogP) is 5.11. The van der Waals surface area contributed by atoms with E-state index in [1.165, 1.54) is 0 Å². The van der Waals surface area contributed by atoms with Crippen molar-refractivity contribution in [2.24, 2.45) is 0 Å². The van der Waals surface area contributed by atoms with E-state index in [9.17, 15) is 4.79 Å². The molecule has 23 heavy (non-hydrogen) atoms. The average Bonchev–Trinajstić information content (AvgIpc) is 2.52. The molecule has 2 N–H and O–H groups in total. The van der Waals surface area contributed by atoms with Crippen molar-refractivity contribution in [3.05, 3.63) is 52.0 Å². The summed E-state index contributed by atoms with van der Waals surface area (Å²) in [5, 5.41) is 0.647. The summed E-state index contributed by atoms with van der Waals surface area (Å²) in [7, 11) is 0. The molecule has 0 aliphatic rings. The molecule has 0 fully saturated rings. The molecule has 2 aromatic rings. The Morgan fingerprint density at radius 3 is 2.74 bits per heavy atom. The first-order valence-corrected chi connectivity index (χ1v) is 8.21. The van der Waals surface area contributed by atoms with Crippen LogP contribution in [0.15, 0.2) is 30.3 Å². The van der Waals surface area contributed by atoms with Gasteiger partial charge in [0.25, 0.3) is 0 Å². The van der Waals surface area contributed by atoms with Crippen molar-refractivity contribution in [3.63, 3.8) is 0 Å². The van der Waals surface area contributed by atoms with E-state index in [1.54, 1.807) is 12.1 Å². The van der Waals surface area contributed by atoms with Gasteiger partial charge in [0.2, 0.25) is 0 Å². The lowest BCUT2D eigenvalue weighted by Crippen LogP contribution is -2.00. The van der Waals surface area contributed by atoms with E-state index < -0.39 is 0 Å². The fourth-order valence-corrected chi connectivity index (χ4v) is 2.77. The van der Waals surface area contributed by atoms with E-state index in [4.69, 9.17) is 22.1 Å². The molecule has 0 amide bonds. The Morgan fingerprint density at radius 2 is 2.04 bits per heavy atom. The summed E-state index contributed by atoms with van der Waals surface area (Å²) in [6.07, 6.45) is 4.43. The van der Waals surface area contributed by atoms with Gasteiger partial charge in [-0.2, -0.15) is 0 Å². The van der Waals surface area contributed by atoms with Gasteiger partial charge in [0.15, 0.2) is 5.75 Å². The summed E-state index contributed by atoms with van der Waals surface area (Å²) >= 11 is 6.20. The second-order valence-corrected chi connectivity index (χ2v) is 6.08. The van der Waals surface area contributed by atoms with Crippen LogP contribution >= 0.6 is 11.6 Å². The van der Waals surface area contributed by atoms with Crippen molar-refractivity contribution in [2.75, 3.05) is 5.73 Å². The molecule has 0 saturated heterocycles. The number of hydrogen-bond donors (Lipinski definition) is 1. The van der Waals surface area contributed by atoms with Gasteiger partial charge in [-0.15, -0.1) is 0 Å². The Kier molecular flexibility index (Phi) is 6.05. The first-order chi connectivity index (χ1) is 11.0. The van der Waals surface area contributed by atoms with Crippen LogP contribution in [0.3, 0.4) is 0 Å². The number of unbranched alkanes of at least 4 members (excludes halogenated alkanes) is 1. The second-order valence-electron chi connectivity index (χ2n) is 5.64. The molecule has 0 spiro atoms. The number of rotatable bonds is 7. The van der Waals surface area contributed by atoms with Crippen molar-refractivity contribution < 1.29 is 9.53 Å². The van der Waals surface area contributed by atoms with Crippen molar-refractivity contribution in [1.29, 1.82) is 0 Å². The van der Waals surface area contributed by atoms with E-state index in [0.717, 1.165) is 42.2 Å². The first kappa shape index (κ1) is 17.4. The lowest BCUT2D eigenvalue weighted by molar-refractivity contribution is -0.107. The molecular formula is C19H22ClNO2. The Hall–Kier alpha value is -2.00. The zero-order chi connectivity index (χ0) is 16.8. The van der Waals surface area contributed by atoms with E-state index >= 15 is 0 Å². The number of ether oxygens (including phenoxy) is 1. The predicted molar refractivity (Wildman–Crippen MR) is 95.5 cm³/mol.